The molecule has 24 heavy (non-hydrogen) atoms. The Hall–Kier alpha value is -2.14. The minimum Gasteiger partial charge on any atom is -0.348 e. The zero-order valence-electron chi connectivity index (χ0n) is 13.7. The van der Waals surface area contributed by atoms with Gasteiger partial charge < -0.3 is 5.32 Å². The molecule has 2 heterocycles. The highest BCUT2D eigenvalue weighted by atomic mass is 79.9. The van der Waals surface area contributed by atoms with Gasteiger partial charge in [0.1, 0.15) is 6.33 Å². The average molecular weight is 383 g/mol. The predicted molar refractivity (Wildman–Crippen MR) is 99.2 cm³/mol. The van der Waals surface area contributed by atoms with Crippen LogP contribution in [0.15, 0.2) is 53.3 Å². The van der Waals surface area contributed by atoms with Gasteiger partial charge in [-0.1, -0.05) is 46.3 Å². The van der Waals surface area contributed by atoms with E-state index in [2.05, 4.69) is 87.6 Å². The second kappa shape index (κ2) is 6.06. The summed E-state index contributed by atoms with van der Waals surface area (Å²) in [4.78, 5) is 4.40. The Morgan fingerprint density at radius 2 is 1.79 bits per heavy atom. The number of benzene rings is 2. The fourth-order valence-corrected chi connectivity index (χ4v) is 3.55. The quantitative estimate of drug-likeness (QED) is 0.691. The lowest BCUT2D eigenvalue weighted by Gasteiger charge is -2.32. The lowest BCUT2D eigenvalue weighted by atomic mass is 9.92. The number of nitrogens with zero attached hydrogens (tertiary/aromatic N) is 3. The van der Waals surface area contributed by atoms with Gasteiger partial charge in [-0.05, 0) is 54.7 Å². The summed E-state index contributed by atoms with van der Waals surface area (Å²) in [5.74, 6) is 0.831. The van der Waals surface area contributed by atoms with E-state index >= 15 is 0 Å². The molecule has 0 aliphatic carbocycles. The SMILES string of the molecule is Cc1ccc([C@H]2C[C@@H](c3ccc(Br)cc3)n3ncnc3N2)cc1C. The van der Waals surface area contributed by atoms with Crippen molar-refractivity contribution in [1.29, 1.82) is 0 Å². The first-order chi connectivity index (χ1) is 11.6. The molecule has 0 radical (unpaired) electrons. The second-order valence-corrected chi connectivity index (χ2v) is 7.29. The Morgan fingerprint density at radius 1 is 1.04 bits per heavy atom. The van der Waals surface area contributed by atoms with Crippen LogP contribution in [0.4, 0.5) is 5.95 Å². The van der Waals surface area contributed by atoms with Crippen LogP contribution in [0.1, 0.15) is 40.8 Å². The number of nitrogens with one attached hydrogen (secondary N) is 1. The van der Waals surface area contributed by atoms with Gasteiger partial charge in [-0.3, -0.25) is 0 Å². The average Bonchev–Trinajstić information content (AvgIpc) is 3.06. The molecule has 0 fully saturated rings. The Labute approximate surface area is 150 Å². The van der Waals surface area contributed by atoms with Crippen LogP contribution >= 0.6 is 15.9 Å². The summed E-state index contributed by atoms with van der Waals surface area (Å²) in [6, 6.07) is 15.6. The summed E-state index contributed by atoms with van der Waals surface area (Å²) in [5.41, 5.74) is 5.19. The minimum atomic E-state index is 0.184. The van der Waals surface area contributed by atoms with Gasteiger partial charge in [-0.15, -0.1) is 0 Å². The minimum absolute atomic E-state index is 0.184. The van der Waals surface area contributed by atoms with Gasteiger partial charge >= 0.3 is 0 Å². The van der Waals surface area contributed by atoms with Gasteiger partial charge in [0, 0.05) is 4.47 Å². The third-order valence-corrected chi connectivity index (χ3v) is 5.35. The zero-order valence-corrected chi connectivity index (χ0v) is 15.3. The van der Waals surface area contributed by atoms with Crippen molar-refractivity contribution in [3.63, 3.8) is 0 Å². The predicted octanol–water partition coefficient (Wildman–Crippen LogP) is 4.80. The van der Waals surface area contributed by atoms with Crippen LogP contribution in [-0.2, 0) is 0 Å². The molecule has 0 bridgehead atoms. The Bertz CT molecular complexity index is 869. The molecule has 0 unspecified atom stereocenters. The van der Waals surface area contributed by atoms with Crippen molar-refractivity contribution in [2.75, 3.05) is 5.32 Å². The number of halogens is 1. The van der Waals surface area contributed by atoms with Crippen molar-refractivity contribution in [3.8, 4) is 0 Å². The van der Waals surface area contributed by atoms with Crippen molar-refractivity contribution in [2.24, 2.45) is 0 Å². The lowest BCUT2D eigenvalue weighted by molar-refractivity contribution is 0.430. The maximum absolute atomic E-state index is 4.43. The molecule has 0 amide bonds. The molecule has 1 N–H and O–H groups in total. The number of hydrogen-bond donors (Lipinski definition) is 1. The molecule has 1 aliphatic rings. The Kier molecular flexibility index (Phi) is 3.88. The molecule has 1 aliphatic heterocycles. The maximum atomic E-state index is 4.43. The Morgan fingerprint density at radius 3 is 2.54 bits per heavy atom. The molecular formula is C19H19BrN4. The molecule has 3 aromatic rings. The largest absolute Gasteiger partial charge is 0.348 e. The molecule has 2 aromatic carbocycles. The van der Waals surface area contributed by atoms with Crippen LogP contribution in [0.3, 0.4) is 0 Å². The van der Waals surface area contributed by atoms with E-state index in [1.54, 1.807) is 6.33 Å². The smallest absolute Gasteiger partial charge is 0.222 e. The highest BCUT2D eigenvalue weighted by Crippen LogP contribution is 2.37. The van der Waals surface area contributed by atoms with Crippen LogP contribution in [-0.4, -0.2) is 14.8 Å². The molecule has 2 atom stereocenters. The van der Waals surface area contributed by atoms with Crippen LogP contribution in [0.25, 0.3) is 0 Å². The van der Waals surface area contributed by atoms with E-state index in [1.165, 1.54) is 22.3 Å². The van der Waals surface area contributed by atoms with Crippen molar-refractivity contribution < 1.29 is 0 Å². The molecule has 5 heteroatoms. The highest BCUT2D eigenvalue weighted by Gasteiger charge is 2.29. The summed E-state index contributed by atoms with van der Waals surface area (Å²) in [7, 11) is 0. The molecule has 122 valence electrons. The standard InChI is InChI=1S/C19H19BrN4/c1-12-3-4-15(9-13(12)2)17-10-18(14-5-7-16(20)8-6-14)24-19(23-17)21-11-22-24/h3-9,11,17-18H,10H2,1-2H3,(H,21,22,23)/t17-,18+/m1/s1. The van der Waals surface area contributed by atoms with E-state index in [-0.39, 0.29) is 12.1 Å². The van der Waals surface area contributed by atoms with E-state index < -0.39 is 0 Å². The zero-order chi connectivity index (χ0) is 16.7. The molecular weight excluding hydrogens is 364 g/mol. The molecule has 4 rings (SSSR count). The van der Waals surface area contributed by atoms with Gasteiger partial charge in [0.25, 0.3) is 0 Å². The van der Waals surface area contributed by atoms with Crippen LogP contribution in [0.2, 0.25) is 0 Å². The van der Waals surface area contributed by atoms with E-state index in [1.807, 2.05) is 4.68 Å². The van der Waals surface area contributed by atoms with Gasteiger partial charge in [0.05, 0.1) is 12.1 Å². The van der Waals surface area contributed by atoms with Crippen molar-refractivity contribution in [2.45, 2.75) is 32.4 Å². The lowest BCUT2D eigenvalue weighted by Crippen LogP contribution is -2.28. The van der Waals surface area contributed by atoms with Gasteiger partial charge in [0.2, 0.25) is 5.95 Å². The third-order valence-electron chi connectivity index (χ3n) is 4.82. The molecule has 0 saturated carbocycles. The summed E-state index contributed by atoms with van der Waals surface area (Å²) in [6.07, 6.45) is 2.57. The monoisotopic (exact) mass is 382 g/mol. The highest BCUT2D eigenvalue weighted by molar-refractivity contribution is 9.10. The number of rotatable bonds is 2. The topological polar surface area (TPSA) is 42.7 Å². The fraction of sp³-hybridized carbons (Fsp3) is 0.263. The van der Waals surface area contributed by atoms with Crippen molar-refractivity contribution in [1.82, 2.24) is 14.8 Å². The molecule has 0 spiro atoms. The number of aryl methyl sites for hydroxylation is 2. The van der Waals surface area contributed by atoms with Gasteiger partial charge in [-0.2, -0.15) is 10.1 Å². The normalized spacial score (nSPS) is 19.6. The molecule has 0 saturated heterocycles. The number of anilines is 1. The first kappa shape index (κ1) is 15.4. The number of fused-ring (bicyclic) bond motifs is 1. The first-order valence-electron chi connectivity index (χ1n) is 8.10. The summed E-state index contributed by atoms with van der Waals surface area (Å²) >= 11 is 3.51. The maximum Gasteiger partial charge on any atom is 0.222 e. The first-order valence-corrected chi connectivity index (χ1v) is 8.90. The van der Waals surface area contributed by atoms with Crippen LogP contribution in [0.5, 0.6) is 0 Å². The van der Waals surface area contributed by atoms with E-state index in [4.69, 9.17) is 0 Å². The van der Waals surface area contributed by atoms with E-state index in [0.717, 1.165) is 16.8 Å². The van der Waals surface area contributed by atoms with Crippen LogP contribution in [0, 0.1) is 13.8 Å². The summed E-state index contributed by atoms with van der Waals surface area (Å²) in [5, 5.41) is 7.96. The van der Waals surface area contributed by atoms with Gasteiger partial charge in [0.15, 0.2) is 0 Å². The molecule has 4 nitrogen and oxygen atoms in total. The second-order valence-electron chi connectivity index (χ2n) is 6.37. The number of hydrogen-bond acceptors (Lipinski definition) is 3. The van der Waals surface area contributed by atoms with Crippen LogP contribution < -0.4 is 5.32 Å². The summed E-state index contributed by atoms with van der Waals surface area (Å²) < 4.78 is 3.07. The number of aromatic nitrogens is 3. The van der Waals surface area contributed by atoms with Crippen molar-refractivity contribution in [3.05, 3.63) is 75.5 Å². The molecule has 1 aromatic heterocycles. The Balaban J connectivity index is 1.72. The summed E-state index contributed by atoms with van der Waals surface area (Å²) in [6.45, 7) is 4.31. The van der Waals surface area contributed by atoms with E-state index in [0.29, 0.717) is 0 Å². The third kappa shape index (κ3) is 2.73. The van der Waals surface area contributed by atoms with Crippen molar-refractivity contribution >= 4 is 21.9 Å². The fourth-order valence-electron chi connectivity index (χ4n) is 3.28. The van der Waals surface area contributed by atoms with E-state index in [9.17, 15) is 0 Å². The van der Waals surface area contributed by atoms with Gasteiger partial charge in [-0.25, -0.2) is 4.68 Å².